The summed E-state index contributed by atoms with van der Waals surface area (Å²) in [4.78, 5) is 22.1. The first-order chi connectivity index (χ1) is 10.4. The lowest BCUT2D eigenvalue weighted by Gasteiger charge is -2.12. The van der Waals surface area contributed by atoms with E-state index in [1.807, 2.05) is 0 Å². The summed E-state index contributed by atoms with van der Waals surface area (Å²) in [5, 5.41) is 9.96. The van der Waals surface area contributed by atoms with E-state index in [-0.39, 0.29) is 18.0 Å². The van der Waals surface area contributed by atoms with Crippen molar-refractivity contribution in [3.05, 3.63) is 22.3 Å². The number of H-pyrrole nitrogens is 1. The number of hydrogen-bond acceptors (Lipinski definition) is 6. The van der Waals surface area contributed by atoms with Gasteiger partial charge >= 0.3 is 0 Å². The molecular weight excluding hydrogens is 358 g/mol. The number of aromatic amines is 1. The molecule has 2 rings (SSSR count). The molecule has 0 radical (unpaired) electrons. The van der Waals surface area contributed by atoms with Gasteiger partial charge in [0.05, 0.1) is 7.11 Å². The molecule has 2 aromatic rings. The molecule has 0 atom stereocenters. The summed E-state index contributed by atoms with van der Waals surface area (Å²) in [7, 11) is 1.43. The number of primary amides is 2. The second-order valence-corrected chi connectivity index (χ2v) is 4.98. The fraction of sp³-hybridized carbons (Fsp3) is 0.167. The number of aromatic nitrogens is 3. The largest absolute Gasteiger partial charge is 0.493 e. The first kappa shape index (κ1) is 15.8. The van der Waals surface area contributed by atoms with Crippen molar-refractivity contribution in [2.75, 3.05) is 13.7 Å². The number of ether oxygens (including phenoxy) is 2. The topological polar surface area (TPSA) is 146 Å². The summed E-state index contributed by atoms with van der Waals surface area (Å²) < 4.78 is 11.0. The van der Waals surface area contributed by atoms with Gasteiger partial charge in [-0.25, -0.2) is 0 Å². The second kappa shape index (κ2) is 6.43. The third-order valence-corrected chi connectivity index (χ3v) is 3.32. The normalized spacial score (nSPS) is 10.3. The lowest BCUT2D eigenvalue weighted by molar-refractivity contribution is -0.119. The summed E-state index contributed by atoms with van der Waals surface area (Å²) in [6, 6.07) is 3.14. The zero-order valence-electron chi connectivity index (χ0n) is 11.4. The Morgan fingerprint density at radius 2 is 2.00 bits per heavy atom. The molecule has 0 spiro atoms. The molecule has 10 heteroatoms. The van der Waals surface area contributed by atoms with Crippen molar-refractivity contribution in [2.45, 2.75) is 0 Å². The molecule has 1 aromatic carbocycles. The van der Waals surface area contributed by atoms with Gasteiger partial charge in [0.1, 0.15) is 5.69 Å². The maximum atomic E-state index is 11.3. The average Bonchev–Trinajstić information content (AvgIpc) is 2.94. The van der Waals surface area contributed by atoms with E-state index in [4.69, 9.17) is 20.9 Å². The van der Waals surface area contributed by atoms with E-state index in [1.165, 1.54) is 7.11 Å². The predicted octanol–water partition coefficient (Wildman–Crippen LogP) is 0.206. The first-order valence-electron chi connectivity index (χ1n) is 5.93. The Labute approximate surface area is 133 Å². The highest BCUT2D eigenvalue weighted by Gasteiger charge is 2.20. The highest BCUT2D eigenvalue weighted by Crippen LogP contribution is 2.38. The van der Waals surface area contributed by atoms with Crippen molar-refractivity contribution < 1.29 is 19.1 Å². The number of carbonyl (C=O) groups excluding carboxylic acids is 2. The van der Waals surface area contributed by atoms with Gasteiger partial charge in [-0.05, 0) is 28.1 Å². The molecular formula is C12H12BrN5O4. The minimum Gasteiger partial charge on any atom is -0.493 e. The van der Waals surface area contributed by atoms with E-state index in [9.17, 15) is 9.59 Å². The van der Waals surface area contributed by atoms with Crippen LogP contribution in [0.5, 0.6) is 11.5 Å². The molecule has 2 amide bonds. The number of methoxy groups -OCH3 is 1. The van der Waals surface area contributed by atoms with Gasteiger partial charge in [-0.2, -0.15) is 15.4 Å². The number of hydrogen-bond donors (Lipinski definition) is 3. The molecule has 9 nitrogen and oxygen atoms in total. The van der Waals surface area contributed by atoms with Crippen LogP contribution in [0.4, 0.5) is 0 Å². The number of nitrogens with two attached hydrogens (primary N) is 2. The van der Waals surface area contributed by atoms with Gasteiger partial charge in [-0.1, -0.05) is 0 Å². The molecule has 0 saturated heterocycles. The van der Waals surface area contributed by atoms with Crippen LogP contribution in [0.3, 0.4) is 0 Å². The van der Waals surface area contributed by atoms with Crippen LogP contribution < -0.4 is 20.9 Å². The fourth-order valence-corrected chi connectivity index (χ4v) is 2.24. The third kappa shape index (κ3) is 3.17. The van der Waals surface area contributed by atoms with Gasteiger partial charge in [0, 0.05) is 10.0 Å². The molecule has 0 aliphatic rings. The monoisotopic (exact) mass is 369 g/mol. The molecule has 5 N–H and O–H groups in total. The number of nitrogens with zero attached hydrogens (tertiary/aromatic N) is 2. The Kier molecular flexibility index (Phi) is 4.61. The molecule has 1 aromatic heterocycles. The highest BCUT2D eigenvalue weighted by atomic mass is 79.9. The van der Waals surface area contributed by atoms with Crippen molar-refractivity contribution in [3.63, 3.8) is 0 Å². The molecule has 0 aliphatic heterocycles. The zero-order valence-corrected chi connectivity index (χ0v) is 13.0. The number of benzene rings is 1. The van der Waals surface area contributed by atoms with Gasteiger partial charge in [0.25, 0.3) is 11.8 Å². The summed E-state index contributed by atoms with van der Waals surface area (Å²) >= 11 is 3.34. The summed E-state index contributed by atoms with van der Waals surface area (Å²) in [6.07, 6.45) is 0. The number of halogens is 1. The van der Waals surface area contributed by atoms with E-state index in [2.05, 4.69) is 31.3 Å². The Morgan fingerprint density at radius 3 is 2.59 bits per heavy atom. The molecule has 0 saturated carbocycles. The SMILES string of the molecule is COc1cc(-c2n[nH]nc2C(N)=O)c(Br)cc1OCC(N)=O. The van der Waals surface area contributed by atoms with Crippen LogP contribution in [0, 0.1) is 0 Å². The van der Waals surface area contributed by atoms with Gasteiger partial charge in [-0.3, -0.25) is 9.59 Å². The fourth-order valence-electron chi connectivity index (χ4n) is 1.73. The highest BCUT2D eigenvalue weighted by molar-refractivity contribution is 9.10. The summed E-state index contributed by atoms with van der Waals surface area (Å²) in [5.74, 6) is -0.697. The molecule has 0 fully saturated rings. The van der Waals surface area contributed by atoms with Crippen LogP contribution >= 0.6 is 15.9 Å². The van der Waals surface area contributed by atoms with E-state index in [0.29, 0.717) is 21.5 Å². The zero-order chi connectivity index (χ0) is 16.3. The molecule has 0 unspecified atom stereocenters. The number of carbonyl (C=O) groups is 2. The van der Waals surface area contributed by atoms with Crippen LogP contribution in [0.15, 0.2) is 16.6 Å². The van der Waals surface area contributed by atoms with Crippen LogP contribution in [0.1, 0.15) is 10.5 Å². The summed E-state index contributed by atoms with van der Waals surface area (Å²) in [5.41, 5.74) is 11.1. The second-order valence-electron chi connectivity index (χ2n) is 4.12. The molecule has 0 aliphatic carbocycles. The maximum Gasteiger partial charge on any atom is 0.271 e. The maximum absolute atomic E-state index is 11.3. The van der Waals surface area contributed by atoms with Crippen molar-refractivity contribution in [2.24, 2.45) is 11.5 Å². The molecule has 116 valence electrons. The minimum atomic E-state index is -0.719. The Morgan fingerprint density at radius 1 is 1.27 bits per heavy atom. The number of amides is 2. The van der Waals surface area contributed by atoms with Gasteiger partial charge in [-0.15, -0.1) is 0 Å². The first-order valence-corrected chi connectivity index (χ1v) is 6.73. The van der Waals surface area contributed by atoms with Crippen LogP contribution in [-0.2, 0) is 4.79 Å². The van der Waals surface area contributed by atoms with Crippen LogP contribution in [0.25, 0.3) is 11.3 Å². The van der Waals surface area contributed by atoms with E-state index in [1.54, 1.807) is 12.1 Å². The Balaban J connectivity index is 2.48. The third-order valence-electron chi connectivity index (χ3n) is 2.66. The number of nitrogens with one attached hydrogen (secondary N) is 1. The van der Waals surface area contributed by atoms with Crippen LogP contribution in [-0.4, -0.2) is 40.9 Å². The van der Waals surface area contributed by atoms with E-state index >= 15 is 0 Å². The number of rotatable bonds is 6. The smallest absolute Gasteiger partial charge is 0.271 e. The molecule has 1 heterocycles. The van der Waals surface area contributed by atoms with E-state index < -0.39 is 11.8 Å². The van der Waals surface area contributed by atoms with Crippen molar-refractivity contribution in [3.8, 4) is 22.8 Å². The van der Waals surface area contributed by atoms with Crippen molar-refractivity contribution in [1.82, 2.24) is 15.4 Å². The Hall–Kier alpha value is -2.62. The van der Waals surface area contributed by atoms with Crippen molar-refractivity contribution >= 4 is 27.7 Å². The standard InChI is InChI=1S/C12H12BrN5O4/c1-21-7-2-5(10-11(12(15)20)17-18-16-10)6(13)3-8(7)22-4-9(14)19/h2-3H,4H2,1H3,(H2,14,19)(H2,15,20)(H,16,17,18). The van der Waals surface area contributed by atoms with Crippen molar-refractivity contribution in [1.29, 1.82) is 0 Å². The average molecular weight is 370 g/mol. The van der Waals surface area contributed by atoms with Crippen LogP contribution in [0.2, 0.25) is 0 Å². The van der Waals surface area contributed by atoms with Gasteiger partial charge < -0.3 is 20.9 Å². The molecule has 22 heavy (non-hydrogen) atoms. The Bertz CT molecular complexity index is 730. The van der Waals surface area contributed by atoms with E-state index in [0.717, 1.165) is 0 Å². The lowest BCUT2D eigenvalue weighted by atomic mass is 10.1. The van der Waals surface area contributed by atoms with Gasteiger partial charge in [0.2, 0.25) is 0 Å². The van der Waals surface area contributed by atoms with Gasteiger partial charge in [0.15, 0.2) is 23.8 Å². The molecule has 0 bridgehead atoms. The lowest BCUT2D eigenvalue weighted by Crippen LogP contribution is -2.20. The minimum absolute atomic E-state index is 0.00597. The summed E-state index contributed by atoms with van der Waals surface area (Å²) in [6.45, 7) is -0.293. The predicted molar refractivity (Wildman–Crippen MR) is 79.3 cm³/mol. The quantitative estimate of drug-likeness (QED) is 0.662.